The van der Waals surface area contributed by atoms with Crippen LogP contribution in [0.15, 0.2) is 112 Å². The molecule has 0 aromatic heterocycles. The van der Waals surface area contributed by atoms with E-state index in [0.717, 1.165) is 36.9 Å². The lowest BCUT2D eigenvalue weighted by molar-refractivity contribution is 0.637. The summed E-state index contributed by atoms with van der Waals surface area (Å²) in [5, 5.41) is 9.20. The van der Waals surface area contributed by atoms with Gasteiger partial charge in [-0.15, -0.1) is 0 Å². The van der Waals surface area contributed by atoms with Gasteiger partial charge in [0.1, 0.15) is 11.0 Å². The third-order valence-corrected chi connectivity index (χ3v) is 9.21. The molecule has 0 N–H and O–H groups in total. The molecular weight excluding hydrogens is 472 g/mol. The SMILES string of the molecule is Cc1ccc([S@](=O)c2ccccc2[C@H]2[C@H](c3ccc(C#N)cc3)N2[S@](=O)c2ccc(C)cc2)cc1. The Morgan fingerprint density at radius 3 is 1.89 bits per heavy atom. The van der Waals surface area contributed by atoms with E-state index in [1.807, 2.05) is 103 Å². The molecule has 5 rings (SSSR count). The van der Waals surface area contributed by atoms with E-state index in [2.05, 4.69) is 6.07 Å². The molecule has 0 aliphatic carbocycles. The van der Waals surface area contributed by atoms with Gasteiger partial charge in [0.15, 0.2) is 0 Å². The summed E-state index contributed by atoms with van der Waals surface area (Å²) in [4.78, 5) is 2.20. The summed E-state index contributed by atoms with van der Waals surface area (Å²) >= 11 is 0. The fraction of sp³-hybridized carbons (Fsp3) is 0.138. The first-order valence-corrected chi connectivity index (χ1v) is 13.6. The van der Waals surface area contributed by atoms with Crippen molar-refractivity contribution in [1.82, 2.24) is 4.31 Å². The Morgan fingerprint density at radius 2 is 1.29 bits per heavy atom. The van der Waals surface area contributed by atoms with E-state index in [-0.39, 0.29) is 12.1 Å². The minimum Gasteiger partial charge on any atom is -0.249 e. The summed E-state index contributed by atoms with van der Waals surface area (Å²) in [7, 11) is -2.77. The van der Waals surface area contributed by atoms with E-state index in [1.165, 1.54) is 0 Å². The highest BCUT2D eigenvalue weighted by atomic mass is 32.2. The van der Waals surface area contributed by atoms with E-state index >= 15 is 0 Å². The van der Waals surface area contributed by atoms with Gasteiger partial charge in [-0.05, 0) is 67.4 Å². The minimum atomic E-state index is -1.40. The van der Waals surface area contributed by atoms with E-state index in [4.69, 9.17) is 0 Å². The molecule has 4 nitrogen and oxygen atoms in total. The van der Waals surface area contributed by atoms with E-state index in [1.54, 1.807) is 12.1 Å². The molecule has 1 unspecified atom stereocenters. The number of benzene rings is 4. The number of hydrogen-bond acceptors (Lipinski definition) is 3. The Morgan fingerprint density at radius 1 is 0.714 bits per heavy atom. The number of rotatable bonds is 6. The van der Waals surface area contributed by atoms with E-state index < -0.39 is 21.8 Å². The zero-order valence-corrected chi connectivity index (χ0v) is 21.1. The van der Waals surface area contributed by atoms with Crippen LogP contribution in [0.2, 0.25) is 0 Å². The largest absolute Gasteiger partial charge is 0.249 e. The maximum atomic E-state index is 13.7. The lowest BCUT2D eigenvalue weighted by atomic mass is 10.0. The van der Waals surface area contributed by atoms with Gasteiger partial charge in [0.25, 0.3) is 0 Å². The smallest absolute Gasteiger partial charge is 0.128 e. The van der Waals surface area contributed by atoms with Crippen LogP contribution in [0.4, 0.5) is 0 Å². The highest BCUT2D eigenvalue weighted by molar-refractivity contribution is 7.85. The van der Waals surface area contributed by atoms with Crippen molar-refractivity contribution in [1.29, 1.82) is 5.26 Å². The summed E-state index contributed by atoms with van der Waals surface area (Å²) in [5.41, 5.74) is 4.68. The van der Waals surface area contributed by atoms with Crippen LogP contribution in [-0.4, -0.2) is 12.7 Å². The van der Waals surface area contributed by atoms with Gasteiger partial charge in [-0.25, -0.2) is 12.7 Å². The first-order chi connectivity index (χ1) is 17.0. The first kappa shape index (κ1) is 23.4. The monoisotopic (exact) mass is 496 g/mol. The van der Waals surface area contributed by atoms with Crippen LogP contribution in [0, 0.1) is 25.2 Å². The molecule has 1 heterocycles. The van der Waals surface area contributed by atoms with Crippen LogP contribution in [0.3, 0.4) is 0 Å². The average molecular weight is 497 g/mol. The zero-order chi connectivity index (χ0) is 24.5. The van der Waals surface area contributed by atoms with Crippen molar-refractivity contribution in [3.63, 3.8) is 0 Å². The molecule has 1 aliphatic heterocycles. The normalized spacial score (nSPS) is 20.5. The van der Waals surface area contributed by atoms with Gasteiger partial charge >= 0.3 is 0 Å². The summed E-state index contributed by atoms with van der Waals surface area (Å²) < 4.78 is 29.3. The van der Waals surface area contributed by atoms with Crippen molar-refractivity contribution in [2.75, 3.05) is 0 Å². The van der Waals surface area contributed by atoms with E-state index in [9.17, 15) is 13.7 Å². The Kier molecular flexibility index (Phi) is 6.48. The zero-order valence-electron chi connectivity index (χ0n) is 19.4. The van der Waals surface area contributed by atoms with Crippen molar-refractivity contribution in [3.8, 4) is 6.07 Å². The Labute approximate surface area is 210 Å². The second-order valence-corrected chi connectivity index (χ2v) is 11.5. The second-order valence-electron chi connectivity index (χ2n) is 8.67. The standard InChI is InChI=1S/C29H24N2O2S2/c1-20-7-15-24(16-8-20)34(32)27-6-4-3-5-26(27)29-28(23-13-11-22(19-30)12-14-23)31(29)35(33)25-17-9-21(2)10-18-25/h3-18,28-29H,1-2H3/t28-,29-,31?,34-,35+/m0/s1. The predicted octanol–water partition coefficient (Wildman–Crippen LogP) is 6.16. The molecule has 0 spiro atoms. The third kappa shape index (κ3) is 4.63. The van der Waals surface area contributed by atoms with Crippen LogP contribution < -0.4 is 0 Å². The van der Waals surface area contributed by atoms with Crippen LogP contribution in [0.25, 0.3) is 0 Å². The van der Waals surface area contributed by atoms with Gasteiger partial charge in [0.05, 0.1) is 39.4 Å². The van der Waals surface area contributed by atoms with Crippen molar-refractivity contribution < 1.29 is 8.42 Å². The van der Waals surface area contributed by atoms with Crippen molar-refractivity contribution >= 4 is 21.8 Å². The lowest BCUT2D eigenvalue weighted by Gasteiger charge is -2.10. The molecule has 4 aromatic rings. The maximum Gasteiger partial charge on any atom is 0.128 e. The Bertz CT molecular complexity index is 1460. The fourth-order valence-corrected chi connectivity index (χ4v) is 6.95. The Balaban J connectivity index is 1.56. The lowest BCUT2D eigenvalue weighted by Crippen LogP contribution is -2.06. The molecule has 35 heavy (non-hydrogen) atoms. The van der Waals surface area contributed by atoms with Crippen molar-refractivity contribution in [2.45, 2.75) is 40.6 Å². The highest BCUT2D eigenvalue weighted by Gasteiger charge is 2.54. The molecule has 5 atom stereocenters. The average Bonchev–Trinajstić information content (AvgIpc) is 3.64. The highest BCUT2D eigenvalue weighted by Crippen LogP contribution is 2.57. The van der Waals surface area contributed by atoms with Gasteiger partial charge in [0.2, 0.25) is 0 Å². The van der Waals surface area contributed by atoms with Gasteiger partial charge in [0, 0.05) is 9.79 Å². The summed E-state index contributed by atoms with van der Waals surface area (Å²) in [6.45, 7) is 4.01. The van der Waals surface area contributed by atoms with Gasteiger partial charge < -0.3 is 0 Å². The van der Waals surface area contributed by atoms with Crippen LogP contribution in [0.5, 0.6) is 0 Å². The number of nitriles is 1. The van der Waals surface area contributed by atoms with Crippen molar-refractivity contribution in [3.05, 3.63) is 125 Å². The summed E-state index contributed by atoms with van der Waals surface area (Å²) in [5.74, 6) is 0. The van der Waals surface area contributed by atoms with Crippen LogP contribution in [-0.2, 0) is 21.8 Å². The fourth-order valence-electron chi connectivity index (χ4n) is 4.27. The molecule has 0 radical (unpaired) electrons. The van der Waals surface area contributed by atoms with Crippen LogP contribution in [0.1, 0.15) is 39.9 Å². The van der Waals surface area contributed by atoms with Crippen LogP contribution >= 0.6 is 0 Å². The molecule has 1 fully saturated rings. The number of aryl methyl sites for hydroxylation is 2. The quantitative estimate of drug-likeness (QED) is 0.300. The molecule has 6 heteroatoms. The molecule has 0 saturated carbocycles. The van der Waals surface area contributed by atoms with E-state index in [0.29, 0.717) is 5.56 Å². The number of hydrogen-bond donors (Lipinski definition) is 0. The topological polar surface area (TPSA) is 60.9 Å². The second kappa shape index (κ2) is 9.71. The summed E-state index contributed by atoms with van der Waals surface area (Å²) in [6.07, 6.45) is 0. The van der Waals surface area contributed by atoms with Gasteiger partial charge in [-0.3, -0.25) is 0 Å². The molecule has 0 bridgehead atoms. The molecule has 4 aromatic carbocycles. The van der Waals surface area contributed by atoms with Crippen molar-refractivity contribution in [2.24, 2.45) is 0 Å². The number of nitrogens with zero attached hydrogens (tertiary/aromatic N) is 2. The molecule has 1 aliphatic rings. The molecule has 0 amide bonds. The predicted molar refractivity (Wildman–Crippen MR) is 138 cm³/mol. The Hall–Kier alpha value is -3.37. The first-order valence-electron chi connectivity index (χ1n) is 11.3. The van der Waals surface area contributed by atoms with Gasteiger partial charge in [-0.1, -0.05) is 65.7 Å². The summed E-state index contributed by atoms with van der Waals surface area (Å²) in [6, 6.07) is 32.4. The molecule has 1 saturated heterocycles. The van der Waals surface area contributed by atoms with Gasteiger partial charge in [-0.2, -0.15) is 5.26 Å². The molecular formula is C29H24N2O2S2. The maximum absolute atomic E-state index is 13.7. The third-order valence-electron chi connectivity index (χ3n) is 6.23. The minimum absolute atomic E-state index is 0.152. The molecule has 174 valence electrons.